The second-order valence-electron chi connectivity index (χ2n) is 7.41. The minimum absolute atomic E-state index is 0.00352. The third-order valence-electron chi connectivity index (χ3n) is 5.33. The molecule has 2 amide bonds. The van der Waals surface area contributed by atoms with Gasteiger partial charge in [0.05, 0.1) is 12.3 Å². The number of ether oxygens (including phenoxy) is 1. The van der Waals surface area contributed by atoms with Crippen molar-refractivity contribution in [3.63, 3.8) is 0 Å². The van der Waals surface area contributed by atoms with Crippen molar-refractivity contribution in [3.05, 3.63) is 24.0 Å². The molecule has 3 N–H and O–H groups in total. The number of nitrogens with zero attached hydrogens (tertiary/aromatic N) is 2. The number of hydrogen-bond donors (Lipinski definition) is 2. The zero-order valence-corrected chi connectivity index (χ0v) is 15.2. The molecule has 8 heteroatoms. The number of morpholine rings is 1. The van der Waals surface area contributed by atoms with E-state index in [0.29, 0.717) is 30.9 Å². The number of hydrogen-bond acceptors (Lipinski definition) is 5. The van der Waals surface area contributed by atoms with Crippen molar-refractivity contribution in [1.29, 1.82) is 0 Å². The molecule has 0 aromatic heterocycles. The number of nitrogens with one attached hydrogen (secondary N) is 1. The Morgan fingerprint density at radius 2 is 2.04 bits per heavy atom. The van der Waals surface area contributed by atoms with Crippen LogP contribution in [0.5, 0.6) is 0 Å². The zero-order valence-electron chi connectivity index (χ0n) is 15.2. The van der Waals surface area contributed by atoms with E-state index < -0.39 is 11.9 Å². The highest BCUT2D eigenvalue weighted by Gasteiger charge is 2.44. The van der Waals surface area contributed by atoms with Crippen LogP contribution in [0.25, 0.3) is 0 Å². The van der Waals surface area contributed by atoms with Crippen LogP contribution in [0, 0.1) is 5.82 Å². The number of anilines is 2. The molecule has 1 atom stereocenters. The Morgan fingerprint density at radius 1 is 1.33 bits per heavy atom. The van der Waals surface area contributed by atoms with E-state index in [1.165, 1.54) is 17.0 Å². The second-order valence-corrected chi connectivity index (χ2v) is 7.41. The van der Waals surface area contributed by atoms with Crippen LogP contribution in [0.2, 0.25) is 0 Å². The molecule has 2 aliphatic carbocycles. The molecule has 27 heavy (non-hydrogen) atoms. The first kappa shape index (κ1) is 18.3. The van der Waals surface area contributed by atoms with Crippen molar-refractivity contribution in [2.45, 2.75) is 43.8 Å². The molecular formula is C19H25FN4O3. The van der Waals surface area contributed by atoms with Crippen LogP contribution in [0.3, 0.4) is 0 Å². The summed E-state index contributed by atoms with van der Waals surface area (Å²) in [6.07, 6.45) is 4.38. The Morgan fingerprint density at radius 3 is 2.59 bits per heavy atom. The van der Waals surface area contributed by atoms with E-state index in [1.807, 2.05) is 0 Å². The standard InChI is InChI=1S/C19H25FN4O3/c20-15-9-14(23-7-8-27-11-18(23)25)5-6-16(15)22-19(26)17(10-21)24(12-1-2-12)13-3-4-13/h5-6,9,12-13,17H,1-4,7-8,10-11,21H2,(H,22,26)/t17-/m1/s1. The van der Waals surface area contributed by atoms with Gasteiger partial charge < -0.3 is 20.7 Å². The van der Waals surface area contributed by atoms with Gasteiger partial charge in [-0.25, -0.2) is 4.39 Å². The third kappa shape index (κ3) is 3.97. The molecule has 0 bridgehead atoms. The number of benzene rings is 1. The molecule has 3 aliphatic rings. The van der Waals surface area contributed by atoms with E-state index in [4.69, 9.17) is 10.5 Å². The van der Waals surface area contributed by atoms with Gasteiger partial charge >= 0.3 is 0 Å². The molecule has 1 heterocycles. The van der Waals surface area contributed by atoms with Crippen molar-refractivity contribution in [2.75, 3.05) is 36.5 Å². The molecular weight excluding hydrogens is 351 g/mol. The Bertz CT molecular complexity index is 724. The molecule has 7 nitrogen and oxygen atoms in total. The molecule has 4 rings (SSSR count). The SMILES string of the molecule is NC[C@H](C(=O)Nc1ccc(N2CCOCC2=O)cc1F)N(C1CC1)C1CC1. The van der Waals surface area contributed by atoms with Gasteiger partial charge in [0, 0.05) is 30.9 Å². The van der Waals surface area contributed by atoms with Crippen LogP contribution in [0.1, 0.15) is 25.7 Å². The predicted octanol–water partition coefficient (Wildman–Crippen LogP) is 1.08. The van der Waals surface area contributed by atoms with Crippen LogP contribution in [0.4, 0.5) is 15.8 Å². The van der Waals surface area contributed by atoms with E-state index >= 15 is 0 Å². The maximum atomic E-state index is 14.6. The first-order valence-corrected chi connectivity index (χ1v) is 9.54. The van der Waals surface area contributed by atoms with Crippen LogP contribution in [-0.4, -0.2) is 61.1 Å². The highest BCUT2D eigenvalue weighted by Crippen LogP contribution is 2.39. The highest BCUT2D eigenvalue weighted by atomic mass is 19.1. The summed E-state index contributed by atoms with van der Waals surface area (Å²) in [5, 5.41) is 2.68. The number of carbonyl (C=O) groups is 2. The van der Waals surface area contributed by atoms with Gasteiger partial charge in [-0.15, -0.1) is 0 Å². The number of halogens is 1. The molecule has 0 unspecified atom stereocenters. The highest BCUT2D eigenvalue weighted by molar-refractivity contribution is 5.97. The normalized spacial score (nSPS) is 21.4. The fourth-order valence-corrected chi connectivity index (χ4v) is 3.70. The maximum absolute atomic E-state index is 14.6. The first-order chi connectivity index (χ1) is 13.1. The van der Waals surface area contributed by atoms with Gasteiger partial charge in [0.2, 0.25) is 5.91 Å². The molecule has 146 valence electrons. The lowest BCUT2D eigenvalue weighted by Crippen LogP contribution is -2.50. The Kier molecular flexibility index (Phi) is 5.12. The molecule has 2 saturated carbocycles. The van der Waals surface area contributed by atoms with Gasteiger partial charge in [-0.05, 0) is 43.9 Å². The van der Waals surface area contributed by atoms with Gasteiger partial charge in [-0.1, -0.05) is 0 Å². The van der Waals surface area contributed by atoms with E-state index in [1.54, 1.807) is 6.07 Å². The largest absolute Gasteiger partial charge is 0.370 e. The second kappa shape index (κ2) is 7.53. The summed E-state index contributed by atoms with van der Waals surface area (Å²) in [4.78, 5) is 28.4. The molecule has 1 aliphatic heterocycles. The average Bonchev–Trinajstić information content (AvgIpc) is 3.55. The van der Waals surface area contributed by atoms with E-state index in [0.717, 1.165) is 25.7 Å². The summed E-state index contributed by atoms with van der Waals surface area (Å²) < 4.78 is 19.7. The summed E-state index contributed by atoms with van der Waals surface area (Å²) in [7, 11) is 0. The fourth-order valence-electron chi connectivity index (χ4n) is 3.70. The van der Waals surface area contributed by atoms with Gasteiger partial charge in [0.25, 0.3) is 5.91 Å². The van der Waals surface area contributed by atoms with E-state index in [-0.39, 0.29) is 30.7 Å². The first-order valence-electron chi connectivity index (χ1n) is 9.54. The van der Waals surface area contributed by atoms with Crippen LogP contribution in [-0.2, 0) is 14.3 Å². The Hall–Kier alpha value is -2.03. The van der Waals surface area contributed by atoms with Gasteiger partial charge in [0.15, 0.2) is 0 Å². The molecule has 0 radical (unpaired) electrons. The monoisotopic (exact) mass is 376 g/mol. The summed E-state index contributed by atoms with van der Waals surface area (Å²) in [5.41, 5.74) is 6.45. The van der Waals surface area contributed by atoms with Crippen molar-refractivity contribution >= 4 is 23.2 Å². The Labute approximate surface area is 157 Å². The number of nitrogens with two attached hydrogens (primary N) is 1. The van der Waals surface area contributed by atoms with E-state index in [9.17, 15) is 14.0 Å². The topological polar surface area (TPSA) is 87.9 Å². The average molecular weight is 376 g/mol. The van der Waals surface area contributed by atoms with Crippen LogP contribution >= 0.6 is 0 Å². The molecule has 1 aromatic rings. The van der Waals surface area contributed by atoms with Crippen molar-refractivity contribution in [3.8, 4) is 0 Å². The zero-order chi connectivity index (χ0) is 19.0. The lowest BCUT2D eigenvalue weighted by molar-refractivity contribution is -0.125. The smallest absolute Gasteiger partial charge is 0.253 e. The minimum Gasteiger partial charge on any atom is -0.370 e. The van der Waals surface area contributed by atoms with Gasteiger partial charge in [-0.2, -0.15) is 0 Å². The lowest BCUT2D eigenvalue weighted by Gasteiger charge is -2.30. The van der Waals surface area contributed by atoms with Crippen molar-refractivity contribution < 1.29 is 18.7 Å². The predicted molar refractivity (Wildman–Crippen MR) is 98.9 cm³/mol. The molecule has 1 saturated heterocycles. The summed E-state index contributed by atoms with van der Waals surface area (Å²) >= 11 is 0. The number of rotatable bonds is 7. The lowest BCUT2D eigenvalue weighted by atomic mass is 10.2. The van der Waals surface area contributed by atoms with Crippen LogP contribution < -0.4 is 16.0 Å². The third-order valence-corrected chi connectivity index (χ3v) is 5.33. The molecule has 0 spiro atoms. The number of carbonyl (C=O) groups excluding carboxylic acids is 2. The summed E-state index contributed by atoms with van der Waals surface area (Å²) in [6, 6.07) is 4.82. The maximum Gasteiger partial charge on any atom is 0.253 e. The fraction of sp³-hybridized carbons (Fsp3) is 0.579. The minimum atomic E-state index is -0.569. The quantitative estimate of drug-likeness (QED) is 0.744. The van der Waals surface area contributed by atoms with Crippen LogP contribution in [0.15, 0.2) is 18.2 Å². The van der Waals surface area contributed by atoms with Crippen molar-refractivity contribution in [1.82, 2.24) is 4.90 Å². The molecule has 3 fully saturated rings. The summed E-state index contributed by atoms with van der Waals surface area (Å²) in [5.74, 6) is -1.05. The Balaban J connectivity index is 1.46. The van der Waals surface area contributed by atoms with Gasteiger partial charge in [-0.3, -0.25) is 14.5 Å². The van der Waals surface area contributed by atoms with E-state index in [2.05, 4.69) is 10.2 Å². The molecule has 1 aromatic carbocycles. The van der Waals surface area contributed by atoms with Gasteiger partial charge in [0.1, 0.15) is 18.5 Å². The van der Waals surface area contributed by atoms with Crippen molar-refractivity contribution in [2.24, 2.45) is 5.73 Å². The number of amides is 2. The summed E-state index contributed by atoms with van der Waals surface area (Å²) in [6.45, 7) is 1.01.